The summed E-state index contributed by atoms with van der Waals surface area (Å²) >= 11 is 0. The molecule has 1 aromatic heterocycles. The molecular formula is C21H25N3O3. The lowest BCUT2D eigenvalue weighted by atomic mass is 9.94. The second-order valence-electron chi connectivity index (χ2n) is 8.02. The van der Waals surface area contributed by atoms with Crippen LogP contribution in [0.2, 0.25) is 0 Å². The molecule has 2 heterocycles. The van der Waals surface area contributed by atoms with Crippen molar-refractivity contribution in [2.75, 3.05) is 6.54 Å². The molecule has 0 unspecified atom stereocenters. The van der Waals surface area contributed by atoms with Gasteiger partial charge in [0.2, 0.25) is 5.91 Å². The highest BCUT2D eigenvalue weighted by atomic mass is 16.4. The normalized spacial score (nSPS) is 17.2. The third-order valence-corrected chi connectivity index (χ3v) is 4.76. The smallest absolute Gasteiger partial charge is 0.335 e. The molecule has 1 aliphatic heterocycles. The van der Waals surface area contributed by atoms with E-state index in [0.29, 0.717) is 11.5 Å². The number of amides is 1. The number of carboxylic acid groups (broad SMARTS) is 1. The molecule has 0 aliphatic carbocycles. The van der Waals surface area contributed by atoms with E-state index >= 15 is 0 Å². The minimum atomic E-state index is -0.972. The summed E-state index contributed by atoms with van der Waals surface area (Å²) in [5.41, 5.74) is 2.00. The molecule has 1 saturated heterocycles. The van der Waals surface area contributed by atoms with Gasteiger partial charge >= 0.3 is 5.97 Å². The summed E-state index contributed by atoms with van der Waals surface area (Å²) < 4.78 is 0. The number of rotatable bonds is 3. The van der Waals surface area contributed by atoms with Crippen molar-refractivity contribution in [1.29, 1.82) is 0 Å². The Morgan fingerprint density at radius 1 is 1.19 bits per heavy atom. The van der Waals surface area contributed by atoms with Crippen LogP contribution in [0.3, 0.4) is 0 Å². The summed E-state index contributed by atoms with van der Waals surface area (Å²) in [5.74, 6) is -0.241. The number of nitrogens with zero attached hydrogens (tertiary/aromatic N) is 3. The van der Waals surface area contributed by atoms with E-state index in [0.717, 1.165) is 30.6 Å². The van der Waals surface area contributed by atoms with Crippen molar-refractivity contribution in [3.63, 3.8) is 0 Å². The van der Waals surface area contributed by atoms with Gasteiger partial charge in [-0.25, -0.2) is 14.8 Å². The summed E-state index contributed by atoms with van der Waals surface area (Å²) in [4.78, 5) is 35.1. The summed E-state index contributed by atoms with van der Waals surface area (Å²) in [6, 6.07) is 8.53. The largest absolute Gasteiger partial charge is 0.478 e. The lowest BCUT2D eigenvalue weighted by Crippen LogP contribution is -2.39. The van der Waals surface area contributed by atoms with Gasteiger partial charge in [0.05, 0.1) is 23.0 Å². The van der Waals surface area contributed by atoms with Gasteiger partial charge in [0.1, 0.15) is 5.82 Å². The number of hydrogen-bond donors (Lipinski definition) is 1. The topological polar surface area (TPSA) is 83.4 Å². The minimum Gasteiger partial charge on any atom is -0.478 e. The Morgan fingerprint density at radius 3 is 2.59 bits per heavy atom. The van der Waals surface area contributed by atoms with Gasteiger partial charge in [0, 0.05) is 17.5 Å². The highest BCUT2D eigenvalue weighted by Gasteiger charge is 2.36. The lowest BCUT2D eigenvalue weighted by Gasteiger charge is -2.30. The monoisotopic (exact) mass is 367 g/mol. The highest BCUT2D eigenvalue weighted by Crippen LogP contribution is 2.35. The maximum atomic E-state index is 12.8. The molecule has 0 spiro atoms. The fourth-order valence-corrected chi connectivity index (χ4v) is 3.47. The molecule has 0 bridgehead atoms. The Morgan fingerprint density at radius 2 is 1.93 bits per heavy atom. The van der Waals surface area contributed by atoms with Crippen molar-refractivity contribution in [3.05, 3.63) is 47.4 Å². The predicted molar refractivity (Wildman–Crippen MR) is 102 cm³/mol. The number of aryl methyl sites for hydroxylation is 1. The first-order valence-corrected chi connectivity index (χ1v) is 9.17. The van der Waals surface area contributed by atoms with Crippen molar-refractivity contribution in [2.24, 2.45) is 5.41 Å². The maximum absolute atomic E-state index is 12.8. The van der Waals surface area contributed by atoms with Crippen LogP contribution in [-0.4, -0.2) is 38.4 Å². The summed E-state index contributed by atoms with van der Waals surface area (Å²) in [7, 11) is 0. The van der Waals surface area contributed by atoms with E-state index in [4.69, 9.17) is 0 Å². The average molecular weight is 367 g/mol. The molecule has 1 amide bonds. The first-order valence-electron chi connectivity index (χ1n) is 9.17. The van der Waals surface area contributed by atoms with E-state index in [1.54, 1.807) is 18.2 Å². The van der Waals surface area contributed by atoms with Crippen LogP contribution in [0.25, 0.3) is 11.3 Å². The summed E-state index contributed by atoms with van der Waals surface area (Å²) in [5, 5.41) is 9.23. The Labute approximate surface area is 159 Å². The standard InChI is InChI=1S/C21H25N3O3/c1-13-22-16(14-7-5-8-15(11-14)19(25)26)12-17(23-13)18-9-6-10-24(18)20(27)21(2,3)4/h5,7-8,11-12,18H,6,9-10H2,1-4H3,(H,25,26)/t18-/m1/s1. The Kier molecular flexibility index (Phi) is 5.00. The van der Waals surface area contributed by atoms with Crippen LogP contribution in [-0.2, 0) is 4.79 Å². The third-order valence-electron chi connectivity index (χ3n) is 4.76. The van der Waals surface area contributed by atoms with Gasteiger partial charge < -0.3 is 10.0 Å². The Balaban J connectivity index is 2.00. The van der Waals surface area contributed by atoms with Gasteiger partial charge in [-0.1, -0.05) is 32.9 Å². The van der Waals surface area contributed by atoms with Crippen molar-refractivity contribution >= 4 is 11.9 Å². The van der Waals surface area contributed by atoms with Gasteiger partial charge in [-0.3, -0.25) is 4.79 Å². The molecular weight excluding hydrogens is 342 g/mol. The molecule has 2 aromatic rings. The number of carbonyl (C=O) groups excluding carboxylic acids is 1. The molecule has 1 aromatic carbocycles. The molecule has 142 valence electrons. The first-order chi connectivity index (χ1) is 12.7. The van der Waals surface area contributed by atoms with Gasteiger partial charge in [-0.2, -0.15) is 0 Å². The van der Waals surface area contributed by atoms with Gasteiger partial charge in [-0.05, 0) is 38.0 Å². The molecule has 3 rings (SSSR count). The molecule has 27 heavy (non-hydrogen) atoms. The quantitative estimate of drug-likeness (QED) is 0.890. The highest BCUT2D eigenvalue weighted by molar-refractivity contribution is 5.89. The van der Waals surface area contributed by atoms with Crippen LogP contribution in [0.4, 0.5) is 0 Å². The molecule has 1 fully saturated rings. The molecule has 1 atom stereocenters. The molecule has 0 radical (unpaired) electrons. The van der Waals surface area contributed by atoms with Crippen LogP contribution in [0, 0.1) is 12.3 Å². The van der Waals surface area contributed by atoms with E-state index in [2.05, 4.69) is 9.97 Å². The molecule has 1 N–H and O–H groups in total. The molecule has 1 aliphatic rings. The van der Waals surface area contributed by atoms with Crippen LogP contribution < -0.4 is 0 Å². The third kappa shape index (κ3) is 3.99. The number of carboxylic acids is 1. The van der Waals surface area contributed by atoms with Crippen LogP contribution >= 0.6 is 0 Å². The minimum absolute atomic E-state index is 0.0696. The summed E-state index contributed by atoms with van der Waals surface area (Å²) in [6.07, 6.45) is 1.81. The first kappa shape index (κ1) is 19.0. The average Bonchev–Trinajstić information content (AvgIpc) is 3.09. The van der Waals surface area contributed by atoms with E-state index in [1.807, 2.05) is 44.7 Å². The van der Waals surface area contributed by atoms with Crippen molar-refractivity contribution in [2.45, 2.75) is 46.6 Å². The van der Waals surface area contributed by atoms with Crippen LogP contribution in [0.15, 0.2) is 30.3 Å². The van der Waals surface area contributed by atoms with Crippen LogP contribution in [0.5, 0.6) is 0 Å². The zero-order chi connectivity index (χ0) is 19.8. The number of hydrogen-bond acceptors (Lipinski definition) is 4. The second-order valence-corrected chi connectivity index (χ2v) is 8.02. The maximum Gasteiger partial charge on any atom is 0.335 e. The number of likely N-dealkylation sites (tertiary alicyclic amines) is 1. The van der Waals surface area contributed by atoms with Gasteiger partial charge in [-0.15, -0.1) is 0 Å². The molecule has 0 saturated carbocycles. The van der Waals surface area contributed by atoms with Gasteiger partial charge in [0.25, 0.3) is 0 Å². The fourth-order valence-electron chi connectivity index (χ4n) is 3.47. The second kappa shape index (κ2) is 7.10. The number of aromatic carboxylic acids is 1. The van der Waals surface area contributed by atoms with E-state index in [-0.39, 0.29) is 17.5 Å². The fraction of sp³-hybridized carbons (Fsp3) is 0.429. The predicted octanol–water partition coefficient (Wildman–Crippen LogP) is 3.86. The molecule has 6 nitrogen and oxygen atoms in total. The number of carbonyl (C=O) groups is 2. The van der Waals surface area contributed by atoms with Crippen molar-refractivity contribution in [3.8, 4) is 11.3 Å². The lowest BCUT2D eigenvalue weighted by molar-refractivity contribution is -0.140. The van der Waals surface area contributed by atoms with E-state index < -0.39 is 11.4 Å². The molecule has 6 heteroatoms. The zero-order valence-corrected chi connectivity index (χ0v) is 16.2. The van der Waals surface area contributed by atoms with Crippen LogP contribution in [0.1, 0.15) is 61.5 Å². The SMILES string of the molecule is Cc1nc(-c2cccc(C(=O)O)c2)cc([C@H]2CCCN2C(=O)C(C)(C)C)n1. The van der Waals surface area contributed by atoms with E-state index in [9.17, 15) is 14.7 Å². The summed E-state index contributed by atoms with van der Waals surface area (Å²) in [6.45, 7) is 8.34. The van der Waals surface area contributed by atoms with Crippen molar-refractivity contribution in [1.82, 2.24) is 14.9 Å². The number of aromatic nitrogens is 2. The number of benzene rings is 1. The zero-order valence-electron chi connectivity index (χ0n) is 16.2. The Bertz CT molecular complexity index is 886. The van der Waals surface area contributed by atoms with Crippen molar-refractivity contribution < 1.29 is 14.7 Å². The Hall–Kier alpha value is -2.76. The van der Waals surface area contributed by atoms with E-state index in [1.165, 1.54) is 0 Å². The van der Waals surface area contributed by atoms with Gasteiger partial charge in [0.15, 0.2) is 0 Å².